The highest BCUT2D eigenvalue weighted by Gasteiger charge is 2.25. The Morgan fingerprint density at radius 1 is 0.963 bits per heavy atom. The summed E-state index contributed by atoms with van der Waals surface area (Å²) >= 11 is 0. The van der Waals surface area contributed by atoms with Gasteiger partial charge in [0.1, 0.15) is 30.6 Å². The molecule has 6 heteroatoms. The summed E-state index contributed by atoms with van der Waals surface area (Å²) in [5.74, 6) is 0.958. The third-order valence-electron chi connectivity index (χ3n) is 4.32. The fourth-order valence-corrected chi connectivity index (χ4v) is 4.32. The number of hydrogen-bond donors (Lipinski definition) is 0. The minimum atomic E-state index is -1.65. The molecule has 1 radical (unpaired) electrons. The van der Waals surface area contributed by atoms with E-state index in [1.165, 1.54) is 21.3 Å². The third-order valence-corrected chi connectivity index (χ3v) is 5.97. The van der Waals surface area contributed by atoms with E-state index in [0.717, 1.165) is 19.3 Å². The van der Waals surface area contributed by atoms with Crippen LogP contribution in [-0.2, 0) is 4.57 Å². The molecule has 2 aromatic carbocycles. The van der Waals surface area contributed by atoms with E-state index in [2.05, 4.69) is 6.92 Å². The summed E-state index contributed by atoms with van der Waals surface area (Å²) in [6.45, 7) is 2.10. The van der Waals surface area contributed by atoms with Crippen molar-refractivity contribution in [3.8, 4) is 17.2 Å². The Bertz CT molecular complexity index is 791. The van der Waals surface area contributed by atoms with Crippen LogP contribution in [0.4, 0.5) is 0 Å². The van der Waals surface area contributed by atoms with Gasteiger partial charge < -0.3 is 14.2 Å². The molecule has 5 nitrogen and oxygen atoms in total. The lowest BCUT2D eigenvalue weighted by atomic mass is 10.0. The number of hydrogen-bond acceptors (Lipinski definition) is 5. The van der Waals surface area contributed by atoms with E-state index in [0.29, 0.717) is 39.8 Å². The third kappa shape index (κ3) is 4.86. The first-order valence-corrected chi connectivity index (χ1v) is 10.4. The van der Waals surface area contributed by atoms with Crippen molar-refractivity contribution in [2.75, 3.05) is 27.5 Å². The SMILES string of the molecule is CCCCC[P](=O)c1ccccc1C(=O)c1c(OC)cc(OC)cc1OC. The summed E-state index contributed by atoms with van der Waals surface area (Å²) in [6.07, 6.45) is 3.54. The molecular weight excluding hydrogens is 363 g/mol. The highest BCUT2D eigenvalue weighted by molar-refractivity contribution is 7.53. The van der Waals surface area contributed by atoms with Gasteiger partial charge in [-0.25, -0.2) is 0 Å². The van der Waals surface area contributed by atoms with Gasteiger partial charge in [-0.15, -0.1) is 0 Å². The second kappa shape index (κ2) is 10.1. The Morgan fingerprint density at radius 2 is 1.59 bits per heavy atom. The molecule has 0 fully saturated rings. The van der Waals surface area contributed by atoms with Crippen LogP contribution in [0, 0.1) is 0 Å². The van der Waals surface area contributed by atoms with Crippen molar-refractivity contribution in [3.63, 3.8) is 0 Å². The van der Waals surface area contributed by atoms with E-state index < -0.39 is 7.80 Å². The number of ketones is 1. The first-order chi connectivity index (χ1) is 13.1. The molecule has 0 N–H and O–H groups in total. The van der Waals surface area contributed by atoms with E-state index in [1.807, 2.05) is 6.07 Å². The molecule has 0 amide bonds. The molecular formula is C21H26O5P. The largest absolute Gasteiger partial charge is 0.496 e. The monoisotopic (exact) mass is 389 g/mol. The average molecular weight is 389 g/mol. The standard InChI is InChI=1S/C21H26O5P/c1-5-6-9-12-27(23)19-11-8-7-10-16(19)21(22)20-17(25-3)13-15(24-2)14-18(20)26-4/h7-8,10-11,13-14H,5-6,9,12H2,1-4H3. The summed E-state index contributed by atoms with van der Waals surface area (Å²) in [5, 5.41) is 0.577. The first-order valence-electron chi connectivity index (χ1n) is 8.95. The van der Waals surface area contributed by atoms with Gasteiger partial charge in [0.05, 0.1) is 21.3 Å². The normalized spacial score (nSPS) is 11.0. The van der Waals surface area contributed by atoms with E-state index in [9.17, 15) is 9.36 Å². The van der Waals surface area contributed by atoms with Gasteiger partial charge in [-0.3, -0.25) is 9.36 Å². The number of unbranched alkanes of at least 4 members (excludes halogenated alkanes) is 2. The van der Waals surface area contributed by atoms with Crippen LogP contribution in [0.15, 0.2) is 36.4 Å². The maximum atomic E-state index is 13.3. The summed E-state index contributed by atoms with van der Waals surface area (Å²) in [6, 6.07) is 10.3. The zero-order valence-corrected chi connectivity index (χ0v) is 17.2. The van der Waals surface area contributed by atoms with Crippen LogP contribution in [0.25, 0.3) is 0 Å². The number of carbonyl (C=O) groups excluding carboxylic acids is 1. The second-order valence-electron chi connectivity index (χ2n) is 6.06. The van der Waals surface area contributed by atoms with Crippen LogP contribution in [-0.4, -0.2) is 33.3 Å². The molecule has 0 spiro atoms. The Morgan fingerprint density at radius 3 is 2.15 bits per heavy atom. The lowest BCUT2D eigenvalue weighted by Crippen LogP contribution is -2.16. The molecule has 2 rings (SSSR count). The van der Waals surface area contributed by atoms with Gasteiger partial charge in [0, 0.05) is 29.2 Å². The summed E-state index contributed by atoms with van der Waals surface area (Å²) < 4.78 is 28.8. The molecule has 0 aliphatic carbocycles. The highest BCUT2D eigenvalue weighted by atomic mass is 31.1. The molecule has 0 aliphatic heterocycles. The van der Waals surface area contributed by atoms with Crippen molar-refractivity contribution in [1.82, 2.24) is 0 Å². The van der Waals surface area contributed by atoms with Crippen LogP contribution in [0.3, 0.4) is 0 Å². The number of carbonyl (C=O) groups is 1. The second-order valence-corrected chi connectivity index (χ2v) is 7.75. The summed E-state index contributed by atoms with van der Waals surface area (Å²) in [7, 11) is 2.86. The fraction of sp³-hybridized carbons (Fsp3) is 0.381. The summed E-state index contributed by atoms with van der Waals surface area (Å²) in [5.41, 5.74) is 0.710. The van der Waals surface area contributed by atoms with E-state index >= 15 is 0 Å². The van der Waals surface area contributed by atoms with Crippen LogP contribution < -0.4 is 19.5 Å². The molecule has 1 atom stereocenters. The number of rotatable bonds is 10. The fourth-order valence-electron chi connectivity index (χ4n) is 2.87. The molecule has 1 unspecified atom stereocenters. The van der Waals surface area contributed by atoms with E-state index in [-0.39, 0.29) is 5.78 Å². The summed E-state index contributed by atoms with van der Waals surface area (Å²) in [4.78, 5) is 13.3. The van der Waals surface area contributed by atoms with Gasteiger partial charge in [-0.1, -0.05) is 31.9 Å². The van der Waals surface area contributed by atoms with Gasteiger partial charge in [0.2, 0.25) is 5.78 Å². The predicted octanol–water partition coefficient (Wildman–Crippen LogP) is 4.59. The van der Waals surface area contributed by atoms with E-state index in [1.54, 1.807) is 30.3 Å². The molecule has 0 heterocycles. The van der Waals surface area contributed by atoms with Crippen molar-refractivity contribution in [2.24, 2.45) is 0 Å². The molecule has 0 saturated heterocycles. The number of ether oxygens (including phenoxy) is 3. The van der Waals surface area contributed by atoms with Gasteiger partial charge >= 0.3 is 0 Å². The Hall–Kier alpha value is -2.39. The Labute approximate surface area is 161 Å². The quantitative estimate of drug-likeness (QED) is 0.338. The zero-order valence-electron chi connectivity index (χ0n) is 16.3. The molecule has 27 heavy (non-hydrogen) atoms. The van der Waals surface area contributed by atoms with Crippen molar-refractivity contribution < 1.29 is 23.6 Å². The van der Waals surface area contributed by atoms with Gasteiger partial charge in [-0.2, -0.15) is 0 Å². The van der Waals surface area contributed by atoms with Crippen molar-refractivity contribution in [1.29, 1.82) is 0 Å². The van der Waals surface area contributed by atoms with E-state index in [4.69, 9.17) is 14.2 Å². The average Bonchev–Trinajstić information content (AvgIpc) is 2.72. The predicted molar refractivity (Wildman–Crippen MR) is 108 cm³/mol. The van der Waals surface area contributed by atoms with Crippen LogP contribution >= 0.6 is 7.80 Å². The molecule has 145 valence electrons. The van der Waals surface area contributed by atoms with Crippen molar-refractivity contribution in [3.05, 3.63) is 47.5 Å². The van der Waals surface area contributed by atoms with Crippen molar-refractivity contribution in [2.45, 2.75) is 26.2 Å². The molecule has 0 aliphatic rings. The van der Waals surface area contributed by atoms with Gasteiger partial charge in [0.15, 0.2) is 0 Å². The van der Waals surface area contributed by atoms with Gasteiger partial charge in [0.25, 0.3) is 0 Å². The zero-order chi connectivity index (χ0) is 19.8. The number of methoxy groups -OCH3 is 3. The smallest absolute Gasteiger partial charge is 0.201 e. The van der Waals surface area contributed by atoms with Crippen LogP contribution in [0.2, 0.25) is 0 Å². The molecule has 0 aromatic heterocycles. The molecule has 2 aromatic rings. The minimum absolute atomic E-state index is 0.277. The van der Waals surface area contributed by atoms with Crippen LogP contribution in [0.1, 0.15) is 42.1 Å². The maximum Gasteiger partial charge on any atom is 0.201 e. The topological polar surface area (TPSA) is 61.8 Å². The highest BCUT2D eigenvalue weighted by Crippen LogP contribution is 2.36. The maximum absolute atomic E-state index is 13.3. The van der Waals surface area contributed by atoms with Crippen molar-refractivity contribution >= 4 is 18.9 Å². The van der Waals surface area contributed by atoms with Crippen LogP contribution in [0.5, 0.6) is 17.2 Å². The minimum Gasteiger partial charge on any atom is -0.496 e. The lowest BCUT2D eigenvalue weighted by molar-refractivity contribution is 0.103. The first kappa shape index (κ1) is 20.9. The molecule has 0 bridgehead atoms. The Kier molecular flexibility index (Phi) is 7.81. The van der Waals surface area contributed by atoms with Gasteiger partial charge in [-0.05, 0) is 18.6 Å². The molecule has 0 saturated carbocycles. The Balaban J connectivity index is 2.49. The number of benzene rings is 2. The lowest BCUT2D eigenvalue weighted by Gasteiger charge is -2.15.